The van der Waals surface area contributed by atoms with Crippen molar-refractivity contribution in [2.45, 2.75) is 46.4 Å². The average molecular weight is 266 g/mol. The van der Waals surface area contributed by atoms with E-state index in [4.69, 9.17) is 0 Å². The Labute approximate surface area is 117 Å². The average Bonchev–Trinajstić information content (AvgIpc) is 2.42. The van der Waals surface area contributed by atoms with Crippen LogP contribution in [0.4, 0.5) is 0 Å². The fraction of sp³-hybridized carbons (Fsp3) is 0.438. The first-order valence-electron chi connectivity index (χ1n) is 6.48. The molecule has 0 fully saturated rings. The van der Waals surface area contributed by atoms with Crippen LogP contribution in [0, 0.1) is 6.92 Å². The zero-order valence-electron chi connectivity index (χ0n) is 12.5. The Bertz CT molecular complexity index is 339. The Kier molecular flexibility index (Phi) is 13.4. The van der Waals surface area contributed by atoms with Gasteiger partial charge < -0.3 is 0 Å². The number of benzene rings is 1. The van der Waals surface area contributed by atoms with E-state index in [2.05, 4.69) is 37.8 Å². The molecule has 0 radical (unpaired) electrons. The Balaban J connectivity index is 0. The second-order valence-electron chi connectivity index (χ2n) is 3.26. The predicted molar refractivity (Wildman–Crippen MR) is 84.4 cm³/mol. The molecule has 0 atom stereocenters. The zero-order chi connectivity index (χ0) is 14.6. The molecule has 0 aliphatic rings. The summed E-state index contributed by atoms with van der Waals surface area (Å²) in [5.41, 5.74) is 1.93. The zero-order valence-corrected chi connectivity index (χ0v) is 13.4. The molecule has 0 amide bonds. The summed E-state index contributed by atoms with van der Waals surface area (Å²) in [5, 5.41) is 0. The van der Waals surface area contributed by atoms with Crippen LogP contribution in [0.15, 0.2) is 41.3 Å². The fourth-order valence-corrected chi connectivity index (χ4v) is 1.78. The standard InChI is InChI=1S/C12H14OS.2C2H6/c1-9-4-6-12(7-5-9)14-8-10(2)11(3)13;2*1-2/h4-7H,2,8H2,1,3H3;2*1-2H3. The first-order chi connectivity index (χ1) is 8.59. The van der Waals surface area contributed by atoms with Gasteiger partial charge in [-0.1, -0.05) is 52.0 Å². The van der Waals surface area contributed by atoms with Crippen molar-refractivity contribution in [3.63, 3.8) is 0 Å². The monoisotopic (exact) mass is 266 g/mol. The second-order valence-corrected chi connectivity index (χ2v) is 4.31. The molecule has 0 saturated heterocycles. The van der Waals surface area contributed by atoms with Gasteiger partial charge in [0.15, 0.2) is 5.78 Å². The summed E-state index contributed by atoms with van der Waals surface area (Å²) in [6, 6.07) is 8.26. The van der Waals surface area contributed by atoms with Crippen LogP contribution in [0.25, 0.3) is 0 Å². The van der Waals surface area contributed by atoms with Gasteiger partial charge in [-0.15, -0.1) is 11.8 Å². The van der Waals surface area contributed by atoms with E-state index in [1.54, 1.807) is 18.7 Å². The molecule has 0 aliphatic carbocycles. The Hall–Kier alpha value is -1.02. The number of carbonyl (C=O) groups is 1. The SMILES string of the molecule is C=C(CSc1ccc(C)cc1)C(C)=O.CC.CC. The molecule has 1 nitrogen and oxygen atoms in total. The lowest BCUT2D eigenvalue weighted by atomic mass is 10.2. The van der Waals surface area contributed by atoms with Gasteiger partial charge in [0.05, 0.1) is 0 Å². The van der Waals surface area contributed by atoms with Crippen molar-refractivity contribution in [1.29, 1.82) is 0 Å². The highest BCUT2D eigenvalue weighted by Crippen LogP contribution is 2.20. The van der Waals surface area contributed by atoms with Gasteiger partial charge in [0.2, 0.25) is 0 Å². The van der Waals surface area contributed by atoms with Crippen molar-refractivity contribution >= 4 is 17.5 Å². The highest BCUT2D eigenvalue weighted by atomic mass is 32.2. The number of hydrogen-bond acceptors (Lipinski definition) is 2. The molecule has 0 bridgehead atoms. The lowest BCUT2D eigenvalue weighted by Gasteiger charge is -2.02. The van der Waals surface area contributed by atoms with Crippen molar-refractivity contribution in [2.24, 2.45) is 0 Å². The van der Waals surface area contributed by atoms with Gasteiger partial charge in [-0.05, 0) is 31.6 Å². The molecular formula is C16H26OS. The first kappa shape index (κ1) is 19.3. The van der Waals surface area contributed by atoms with Gasteiger partial charge >= 0.3 is 0 Å². The largest absolute Gasteiger partial charge is 0.295 e. The topological polar surface area (TPSA) is 17.1 Å². The minimum Gasteiger partial charge on any atom is -0.295 e. The van der Waals surface area contributed by atoms with Gasteiger partial charge in [0.1, 0.15) is 0 Å². The summed E-state index contributed by atoms with van der Waals surface area (Å²) >= 11 is 1.65. The van der Waals surface area contributed by atoms with Crippen molar-refractivity contribution in [3.05, 3.63) is 42.0 Å². The van der Waals surface area contributed by atoms with Crippen LogP contribution in [0.5, 0.6) is 0 Å². The van der Waals surface area contributed by atoms with Gasteiger partial charge in [0, 0.05) is 10.6 Å². The molecule has 0 saturated carbocycles. The lowest BCUT2D eigenvalue weighted by Crippen LogP contribution is -1.96. The first-order valence-corrected chi connectivity index (χ1v) is 7.46. The Morgan fingerprint density at radius 1 is 1.11 bits per heavy atom. The number of Topliss-reactive ketones (excluding diaryl/α,β-unsaturated/α-hetero) is 1. The van der Waals surface area contributed by atoms with E-state index in [0.29, 0.717) is 11.3 Å². The van der Waals surface area contributed by atoms with E-state index in [9.17, 15) is 4.79 Å². The summed E-state index contributed by atoms with van der Waals surface area (Å²) in [7, 11) is 0. The van der Waals surface area contributed by atoms with Crippen molar-refractivity contribution in [1.82, 2.24) is 0 Å². The van der Waals surface area contributed by atoms with Gasteiger partial charge in [-0.25, -0.2) is 0 Å². The maximum absolute atomic E-state index is 10.9. The summed E-state index contributed by atoms with van der Waals surface area (Å²) in [6.45, 7) is 15.3. The Morgan fingerprint density at radius 3 is 1.94 bits per heavy atom. The molecule has 1 rings (SSSR count). The van der Waals surface area contributed by atoms with Gasteiger partial charge in [-0.3, -0.25) is 4.79 Å². The minimum absolute atomic E-state index is 0.0737. The van der Waals surface area contributed by atoms with Crippen LogP contribution in [0.3, 0.4) is 0 Å². The maximum Gasteiger partial charge on any atom is 0.156 e. The normalized spacial score (nSPS) is 8.33. The predicted octanol–water partition coefficient (Wildman–Crippen LogP) is 5.28. The number of hydrogen-bond donors (Lipinski definition) is 0. The van der Waals surface area contributed by atoms with E-state index in [-0.39, 0.29) is 5.78 Å². The molecule has 2 heteroatoms. The summed E-state index contributed by atoms with van der Waals surface area (Å²) in [6.07, 6.45) is 0. The van der Waals surface area contributed by atoms with E-state index in [0.717, 1.165) is 0 Å². The molecule has 0 aliphatic heterocycles. The third-order valence-electron chi connectivity index (χ3n) is 1.93. The number of aryl methyl sites for hydroxylation is 1. The lowest BCUT2D eigenvalue weighted by molar-refractivity contribution is -0.113. The van der Waals surface area contributed by atoms with E-state index in [1.807, 2.05) is 27.7 Å². The smallest absolute Gasteiger partial charge is 0.156 e. The molecule has 0 spiro atoms. The number of ketones is 1. The summed E-state index contributed by atoms with van der Waals surface area (Å²) in [4.78, 5) is 12.1. The highest BCUT2D eigenvalue weighted by Gasteiger charge is 2.01. The highest BCUT2D eigenvalue weighted by molar-refractivity contribution is 7.99. The molecule has 0 unspecified atom stereocenters. The summed E-state index contributed by atoms with van der Waals surface area (Å²) in [5.74, 6) is 0.753. The maximum atomic E-state index is 10.9. The molecule has 1 aromatic rings. The van der Waals surface area contributed by atoms with Crippen molar-refractivity contribution in [2.75, 3.05) is 5.75 Å². The van der Waals surface area contributed by atoms with Crippen molar-refractivity contribution < 1.29 is 4.79 Å². The molecule has 0 heterocycles. The third kappa shape index (κ3) is 9.06. The fourth-order valence-electron chi connectivity index (χ4n) is 0.907. The van der Waals surface area contributed by atoms with Crippen LogP contribution in [-0.2, 0) is 4.79 Å². The molecule has 102 valence electrons. The van der Waals surface area contributed by atoms with Crippen LogP contribution in [-0.4, -0.2) is 11.5 Å². The molecule has 0 aromatic heterocycles. The van der Waals surface area contributed by atoms with Gasteiger partial charge in [-0.2, -0.15) is 0 Å². The second kappa shape index (κ2) is 12.4. The molecule has 18 heavy (non-hydrogen) atoms. The van der Waals surface area contributed by atoms with Crippen LogP contribution >= 0.6 is 11.8 Å². The molecular weight excluding hydrogens is 240 g/mol. The number of thioether (sulfide) groups is 1. The number of rotatable bonds is 4. The van der Waals surface area contributed by atoms with E-state index in [1.165, 1.54) is 10.5 Å². The quantitative estimate of drug-likeness (QED) is 0.544. The van der Waals surface area contributed by atoms with E-state index < -0.39 is 0 Å². The van der Waals surface area contributed by atoms with E-state index >= 15 is 0 Å². The minimum atomic E-state index is 0.0737. The number of carbonyl (C=O) groups excluding carboxylic acids is 1. The van der Waals surface area contributed by atoms with Crippen molar-refractivity contribution in [3.8, 4) is 0 Å². The van der Waals surface area contributed by atoms with Crippen LogP contribution in [0.2, 0.25) is 0 Å². The Morgan fingerprint density at radius 2 is 1.56 bits per heavy atom. The van der Waals surface area contributed by atoms with Crippen LogP contribution < -0.4 is 0 Å². The summed E-state index contributed by atoms with van der Waals surface area (Å²) < 4.78 is 0. The molecule has 0 N–H and O–H groups in total. The molecule has 1 aromatic carbocycles. The third-order valence-corrected chi connectivity index (χ3v) is 3.03. The van der Waals surface area contributed by atoms with Crippen LogP contribution in [0.1, 0.15) is 40.2 Å². The van der Waals surface area contributed by atoms with Gasteiger partial charge in [0.25, 0.3) is 0 Å².